The third-order valence-corrected chi connectivity index (χ3v) is 5.90. The van der Waals surface area contributed by atoms with Gasteiger partial charge in [0.05, 0.1) is 0 Å². The summed E-state index contributed by atoms with van der Waals surface area (Å²) in [6, 6.07) is 27.2. The molecule has 0 spiro atoms. The van der Waals surface area contributed by atoms with Crippen LogP contribution >= 0.6 is 0 Å². The van der Waals surface area contributed by atoms with Gasteiger partial charge in [0, 0.05) is 0 Å². The Balaban J connectivity index is 2.06. The summed E-state index contributed by atoms with van der Waals surface area (Å²) in [6.07, 6.45) is 0. The van der Waals surface area contributed by atoms with Crippen LogP contribution in [-0.4, -0.2) is 0 Å². The van der Waals surface area contributed by atoms with Crippen LogP contribution in [0.25, 0.3) is 64.6 Å². The van der Waals surface area contributed by atoms with Crippen molar-refractivity contribution in [3.8, 4) is 0 Å². The van der Waals surface area contributed by atoms with Crippen molar-refractivity contribution in [3.63, 3.8) is 0 Å². The molecule has 0 aromatic heterocycles. The van der Waals surface area contributed by atoms with Gasteiger partial charge >= 0.3 is 0 Å². The molecule has 0 nitrogen and oxygen atoms in total. The van der Waals surface area contributed by atoms with Gasteiger partial charge in [-0.05, 0) is 64.6 Å². The lowest BCUT2D eigenvalue weighted by molar-refractivity contribution is 1.86. The number of rotatable bonds is 0. The van der Waals surface area contributed by atoms with E-state index in [-0.39, 0.29) is 0 Å². The number of hydrogen-bond acceptors (Lipinski definition) is 0. The molecule has 0 unspecified atom stereocenters. The first-order valence-electron chi connectivity index (χ1n) is 8.47. The van der Waals surface area contributed by atoms with E-state index in [0.29, 0.717) is 0 Å². The molecular formula is C24H12. The van der Waals surface area contributed by atoms with E-state index < -0.39 is 0 Å². The van der Waals surface area contributed by atoms with E-state index in [9.17, 15) is 0 Å². The van der Waals surface area contributed by atoms with Gasteiger partial charge in [0.1, 0.15) is 0 Å². The first-order valence-corrected chi connectivity index (χ1v) is 8.47. The largest absolute Gasteiger partial charge is 0.0610 e. The Labute approximate surface area is 137 Å². The highest BCUT2D eigenvalue weighted by atomic mass is 14.2. The molecule has 7 rings (SSSR count). The summed E-state index contributed by atoms with van der Waals surface area (Å²) in [7, 11) is 0. The molecule has 108 valence electrons. The molecule has 0 aliphatic carbocycles. The van der Waals surface area contributed by atoms with Crippen molar-refractivity contribution < 1.29 is 0 Å². The second-order valence-electron chi connectivity index (χ2n) is 6.95. The molecule has 0 radical (unpaired) electrons. The van der Waals surface area contributed by atoms with E-state index in [1.165, 1.54) is 64.6 Å². The molecule has 0 heteroatoms. The predicted octanol–water partition coefficient (Wildman–Crippen LogP) is 6.92. The van der Waals surface area contributed by atoms with Gasteiger partial charge in [0.25, 0.3) is 0 Å². The first kappa shape index (κ1) is 11.4. The summed E-state index contributed by atoms with van der Waals surface area (Å²) in [5, 5.41) is 16.8. The molecule has 7 aromatic rings. The molecule has 0 saturated heterocycles. The minimum absolute atomic E-state index is 1.35. The van der Waals surface area contributed by atoms with Crippen LogP contribution in [-0.2, 0) is 0 Å². The van der Waals surface area contributed by atoms with E-state index in [1.807, 2.05) is 0 Å². The molecule has 7 aromatic carbocycles. The fourth-order valence-corrected chi connectivity index (χ4v) is 5.00. The van der Waals surface area contributed by atoms with Gasteiger partial charge in [-0.25, -0.2) is 0 Å². The second kappa shape index (κ2) is 3.52. The van der Waals surface area contributed by atoms with Crippen molar-refractivity contribution in [2.45, 2.75) is 0 Å². The van der Waals surface area contributed by atoms with Crippen LogP contribution in [0, 0.1) is 0 Å². The normalized spacial score (nSPS) is 13.0. The van der Waals surface area contributed by atoms with Crippen LogP contribution in [0.2, 0.25) is 0 Å². The molecule has 24 heavy (non-hydrogen) atoms. The summed E-state index contributed by atoms with van der Waals surface area (Å²) < 4.78 is 0. The monoisotopic (exact) mass is 300 g/mol. The Morgan fingerprint density at radius 2 is 0.833 bits per heavy atom. The standard InChI is InChI=1S/C24H12/c1-3-13-10-12-19-20(13)16(5-1)17-11-9-15-8-7-14-4-2-6-18-21(14)22(15)24(17)23(18)19/h1-12H. The maximum Gasteiger partial charge on any atom is -0.000762 e. The lowest BCUT2D eigenvalue weighted by Gasteiger charge is -2.08. The lowest BCUT2D eigenvalue weighted by atomic mass is 9.94. The van der Waals surface area contributed by atoms with Gasteiger partial charge in [-0.15, -0.1) is 0 Å². The molecule has 0 saturated carbocycles. The molecule has 0 aliphatic heterocycles. The van der Waals surface area contributed by atoms with Crippen molar-refractivity contribution in [1.82, 2.24) is 0 Å². The summed E-state index contributed by atoms with van der Waals surface area (Å²) in [5.74, 6) is 0. The minimum atomic E-state index is 1.35. The lowest BCUT2D eigenvalue weighted by Crippen LogP contribution is -1.80. The average Bonchev–Trinajstić information content (AvgIpc) is 3.20. The number of hydrogen-bond donors (Lipinski definition) is 0. The van der Waals surface area contributed by atoms with Crippen LogP contribution in [0.15, 0.2) is 72.8 Å². The fraction of sp³-hybridized carbons (Fsp3) is 0. The molecule has 0 aliphatic rings. The Bertz CT molecular complexity index is 1530. The van der Waals surface area contributed by atoms with Gasteiger partial charge in [-0.2, -0.15) is 0 Å². The Morgan fingerprint density at radius 3 is 1.67 bits per heavy atom. The number of benzene rings is 5. The molecule has 0 fully saturated rings. The van der Waals surface area contributed by atoms with E-state index >= 15 is 0 Å². The minimum Gasteiger partial charge on any atom is -0.0610 e. The van der Waals surface area contributed by atoms with Crippen LogP contribution in [0.3, 0.4) is 0 Å². The highest BCUT2D eigenvalue weighted by Gasteiger charge is 2.20. The van der Waals surface area contributed by atoms with Gasteiger partial charge < -0.3 is 0 Å². The van der Waals surface area contributed by atoms with Crippen LogP contribution in [0.5, 0.6) is 0 Å². The quantitative estimate of drug-likeness (QED) is 0.267. The van der Waals surface area contributed by atoms with Crippen molar-refractivity contribution in [2.24, 2.45) is 0 Å². The van der Waals surface area contributed by atoms with Crippen molar-refractivity contribution in [3.05, 3.63) is 72.8 Å². The molecule has 0 amide bonds. The summed E-state index contributed by atoms with van der Waals surface area (Å²) in [4.78, 5) is 0. The molecule has 0 atom stereocenters. The molecule has 0 bridgehead atoms. The molecular weight excluding hydrogens is 288 g/mol. The summed E-state index contributed by atoms with van der Waals surface area (Å²) in [6.45, 7) is 0. The van der Waals surface area contributed by atoms with E-state index in [0.717, 1.165) is 0 Å². The Hall–Kier alpha value is -3.12. The van der Waals surface area contributed by atoms with Gasteiger partial charge in [-0.3, -0.25) is 0 Å². The zero-order valence-corrected chi connectivity index (χ0v) is 12.9. The molecule has 0 heterocycles. The SMILES string of the molecule is c1cc2ccc3c2c(c1)c1ccc2ccc4cccc5c4c2c1c35. The van der Waals surface area contributed by atoms with E-state index in [2.05, 4.69) is 72.8 Å². The van der Waals surface area contributed by atoms with Gasteiger partial charge in [0.15, 0.2) is 0 Å². The second-order valence-corrected chi connectivity index (χ2v) is 6.95. The fourth-order valence-electron chi connectivity index (χ4n) is 5.00. The van der Waals surface area contributed by atoms with Crippen LogP contribution < -0.4 is 0 Å². The van der Waals surface area contributed by atoms with Crippen molar-refractivity contribution in [1.29, 1.82) is 0 Å². The third kappa shape index (κ3) is 1.05. The highest BCUT2D eigenvalue weighted by molar-refractivity contribution is 6.46. The maximum atomic E-state index is 2.32. The van der Waals surface area contributed by atoms with Crippen LogP contribution in [0.4, 0.5) is 0 Å². The predicted molar refractivity (Wildman–Crippen MR) is 105 cm³/mol. The van der Waals surface area contributed by atoms with Gasteiger partial charge in [0.2, 0.25) is 0 Å². The highest BCUT2D eigenvalue weighted by Crippen LogP contribution is 2.49. The Kier molecular flexibility index (Phi) is 1.67. The zero-order chi connectivity index (χ0) is 15.4. The zero-order valence-electron chi connectivity index (χ0n) is 12.9. The van der Waals surface area contributed by atoms with Gasteiger partial charge in [-0.1, -0.05) is 72.8 Å². The summed E-state index contributed by atoms with van der Waals surface area (Å²) >= 11 is 0. The van der Waals surface area contributed by atoms with Crippen molar-refractivity contribution in [2.75, 3.05) is 0 Å². The van der Waals surface area contributed by atoms with Crippen molar-refractivity contribution >= 4 is 64.6 Å². The van der Waals surface area contributed by atoms with E-state index in [4.69, 9.17) is 0 Å². The first-order chi connectivity index (χ1) is 11.9. The molecule has 0 N–H and O–H groups in total. The maximum absolute atomic E-state index is 2.32. The Morgan fingerprint density at radius 1 is 0.292 bits per heavy atom. The van der Waals surface area contributed by atoms with E-state index in [1.54, 1.807) is 0 Å². The average molecular weight is 300 g/mol. The summed E-state index contributed by atoms with van der Waals surface area (Å²) in [5.41, 5.74) is 0. The topological polar surface area (TPSA) is 0 Å². The number of fused-ring (bicyclic) bond motifs is 3. The third-order valence-electron chi connectivity index (χ3n) is 5.90. The van der Waals surface area contributed by atoms with Crippen LogP contribution in [0.1, 0.15) is 0 Å². The smallest absolute Gasteiger partial charge is 0.000762 e.